The number of hydrogen-bond acceptors (Lipinski definition) is 2. The van der Waals surface area contributed by atoms with Gasteiger partial charge in [0.25, 0.3) is 0 Å². The summed E-state index contributed by atoms with van der Waals surface area (Å²) in [6, 6.07) is 13.9. The van der Waals surface area contributed by atoms with Crippen molar-refractivity contribution in [3.63, 3.8) is 0 Å². The molecule has 0 aliphatic rings. The second kappa shape index (κ2) is 9.84. The molecule has 2 aromatic rings. The Labute approximate surface area is 140 Å². The van der Waals surface area contributed by atoms with Gasteiger partial charge in [0.15, 0.2) is 5.96 Å². The van der Waals surface area contributed by atoms with E-state index in [2.05, 4.69) is 20.2 Å². The van der Waals surface area contributed by atoms with Gasteiger partial charge in [-0.2, -0.15) is 0 Å². The summed E-state index contributed by atoms with van der Waals surface area (Å²) in [6.07, 6.45) is 4.06. The van der Waals surface area contributed by atoms with Gasteiger partial charge in [0.05, 0.1) is 0 Å². The molecule has 23 heavy (non-hydrogen) atoms. The summed E-state index contributed by atoms with van der Waals surface area (Å²) in [5, 5.41) is 6.45. The SMILES string of the molecule is CN=C(NCCn1cccc1)NCCS(=O)Cc1ccccc1. The quantitative estimate of drug-likeness (QED) is 0.570. The topological polar surface area (TPSA) is 58.4 Å². The molecule has 0 aliphatic carbocycles. The first-order chi connectivity index (χ1) is 11.3. The third-order valence-corrected chi connectivity index (χ3v) is 4.66. The maximum atomic E-state index is 12.1. The zero-order valence-corrected chi connectivity index (χ0v) is 14.3. The first-order valence-electron chi connectivity index (χ1n) is 7.72. The van der Waals surface area contributed by atoms with Crippen LogP contribution in [-0.4, -0.2) is 40.6 Å². The first kappa shape index (κ1) is 17.3. The van der Waals surface area contributed by atoms with Crippen molar-refractivity contribution in [1.29, 1.82) is 0 Å². The molecule has 1 aromatic heterocycles. The monoisotopic (exact) mass is 332 g/mol. The minimum atomic E-state index is -0.869. The van der Waals surface area contributed by atoms with Gasteiger partial charge >= 0.3 is 0 Å². The third-order valence-electron chi connectivity index (χ3n) is 3.34. The Bertz CT molecular complexity index is 611. The molecule has 1 heterocycles. The fourth-order valence-corrected chi connectivity index (χ4v) is 3.20. The Morgan fingerprint density at radius 1 is 1.09 bits per heavy atom. The van der Waals surface area contributed by atoms with Crippen molar-refractivity contribution in [2.24, 2.45) is 4.99 Å². The molecule has 124 valence electrons. The van der Waals surface area contributed by atoms with Gasteiger partial charge in [-0.05, 0) is 17.7 Å². The summed E-state index contributed by atoms with van der Waals surface area (Å²) in [4.78, 5) is 4.17. The number of aliphatic imine (C=N–C) groups is 1. The highest BCUT2D eigenvalue weighted by Gasteiger charge is 2.03. The van der Waals surface area contributed by atoms with E-state index < -0.39 is 10.8 Å². The molecule has 0 bridgehead atoms. The van der Waals surface area contributed by atoms with E-state index >= 15 is 0 Å². The summed E-state index contributed by atoms with van der Waals surface area (Å²) < 4.78 is 14.2. The Hall–Kier alpha value is -2.08. The predicted octanol–water partition coefficient (Wildman–Crippen LogP) is 1.60. The smallest absolute Gasteiger partial charge is 0.191 e. The highest BCUT2D eigenvalue weighted by Crippen LogP contribution is 2.02. The molecular weight excluding hydrogens is 308 g/mol. The summed E-state index contributed by atoms with van der Waals surface area (Å²) in [7, 11) is 0.873. The molecule has 1 atom stereocenters. The molecule has 2 N–H and O–H groups in total. The fraction of sp³-hybridized carbons (Fsp3) is 0.353. The van der Waals surface area contributed by atoms with Crippen LogP contribution < -0.4 is 10.6 Å². The largest absolute Gasteiger partial charge is 0.355 e. The predicted molar refractivity (Wildman–Crippen MR) is 97.0 cm³/mol. The molecule has 0 radical (unpaired) electrons. The van der Waals surface area contributed by atoms with Crippen molar-refractivity contribution in [3.8, 4) is 0 Å². The van der Waals surface area contributed by atoms with Gasteiger partial charge in [0, 0.05) is 61.4 Å². The molecule has 0 spiro atoms. The Morgan fingerprint density at radius 3 is 2.48 bits per heavy atom. The van der Waals surface area contributed by atoms with E-state index in [1.54, 1.807) is 7.05 Å². The van der Waals surface area contributed by atoms with Gasteiger partial charge in [0.1, 0.15) is 0 Å². The van der Waals surface area contributed by atoms with Crippen LogP contribution in [0.1, 0.15) is 5.56 Å². The van der Waals surface area contributed by atoms with Crippen LogP contribution in [0.5, 0.6) is 0 Å². The maximum Gasteiger partial charge on any atom is 0.191 e. The summed E-state index contributed by atoms with van der Waals surface area (Å²) >= 11 is 0. The Kier molecular flexibility index (Phi) is 7.39. The lowest BCUT2D eigenvalue weighted by Crippen LogP contribution is -2.40. The molecule has 1 aromatic carbocycles. The van der Waals surface area contributed by atoms with Gasteiger partial charge in [0.2, 0.25) is 0 Å². The van der Waals surface area contributed by atoms with Crippen LogP contribution in [0.15, 0.2) is 59.9 Å². The lowest BCUT2D eigenvalue weighted by Gasteiger charge is -2.12. The van der Waals surface area contributed by atoms with Crippen LogP contribution in [0.25, 0.3) is 0 Å². The molecule has 5 nitrogen and oxygen atoms in total. The lowest BCUT2D eigenvalue weighted by molar-refractivity contribution is 0.665. The molecule has 6 heteroatoms. The van der Waals surface area contributed by atoms with E-state index in [0.29, 0.717) is 18.1 Å². The standard InChI is InChI=1S/C17H24N4OS/c1-18-17(19-9-13-21-11-5-6-12-21)20-10-14-23(22)15-16-7-3-2-4-8-16/h2-8,11-12H,9-10,13-15H2,1H3,(H2,18,19,20). The van der Waals surface area contributed by atoms with Crippen molar-refractivity contribution >= 4 is 16.8 Å². The molecule has 0 amide bonds. The van der Waals surface area contributed by atoms with E-state index in [0.717, 1.165) is 24.6 Å². The molecule has 0 saturated carbocycles. The second-order valence-electron chi connectivity index (χ2n) is 5.12. The number of nitrogens with one attached hydrogen (secondary N) is 2. The van der Waals surface area contributed by atoms with E-state index in [-0.39, 0.29) is 0 Å². The highest BCUT2D eigenvalue weighted by molar-refractivity contribution is 7.84. The van der Waals surface area contributed by atoms with Crippen LogP contribution in [0.2, 0.25) is 0 Å². The second-order valence-corrected chi connectivity index (χ2v) is 6.70. The zero-order valence-electron chi connectivity index (χ0n) is 13.4. The van der Waals surface area contributed by atoms with E-state index in [9.17, 15) is 4.21 Å². The van der Waals surface area contributed by atoms with E-state index in [4.69, 9.17) is 0 Å². The van der Waals surface area contributed by atoms with Gasteiger partial charge in [-0.15, -0.1) is 0 Å². The highest BCUT2D eigenvalue weighted by atomic mass is 32.2. The van der Waals surface area contributed by atoms with Crippen LogP contribution >= 0.6 is 0 Å². The van der Waals surface area contributed by atoms with Crippen molar-refractivity contribution in [2.45, 2.75) is 12.3 Å². The van der Waals surface area contributed by atoms with Crippen LogP contribution in [0.4, 0.5) is 0 Å². The van der Waals surface area contributed by atoms with Crippen LogP contribution in [-0.2, 0) is 23.1 Å². The van der Waals surface area contributed by atoms with Gasteiger partial charge in [-0.1, -0.05) is 30.3 Å². The third kappa shape index (κ3) is 6.69. The number of guanidine groups is 1. The summed E-state index contributed by atoms with van der Waals surface area (Å²) in [5.41, 5.74) is 1.11. The first-order valence-corrected chi connectivity index (χ1v) is 9.21. The Balaban J connectivity index is 1.62. The number of benzene rings is 1. The summed E-state index contributed by atoms with van der Waals surface area (Å²) in [6.45, 7) is 2.32. The van der Waals surface area contributed by atoms with E-state index in [1.165, 1.54) is 0 Å². The van der Waals surface area contributed by atoms with Gasteiger partial charge in [-0.25, -0.2) is 0 Å². The zero-order chi connectivity index (χ0) is 16.3. The Morgan fingerprint density at radius 2 is 1.78 bits per heavy atom. The van der Waals surface area contributed by atoms with Crippen molar-refractivity contribution < 1.29 is 4.21 Å². The summed E-state index contributed by atoms with van der Waals surface area (Å²) in [5.74, 6) is 1.95. The lowest BCUT2D eigenvalue weighted by atomic mass is 10.2. The van der Waals surface area contributed by atoms with Crippen molar-refractivity contribution in [3.05, 3.63) is 60.4 Å². The van der Waals surface area contributed by atoms with Crippen molar-refractivity contribution in [2.75, 3.05) is 25.9 Å². The average molecular weight is 332 g/mol. The molecular formula is C17H24N4OS. The van der Waals surface area contributed by atoms with Gasteiger partial charge < -0.3 is 15.2 Å². The molecule has 1 unspecified atom stereocenters. The van der Waals surface area contributed by atoms with E-state index in [1.807, 2.05) is 54.9 Å². The van der Waals surface area contributed by atoms with Crippen LogP contribution in [0, 0.1) is 0 Å². The number of rotatable bonds is 8. The minimum Gasteiger partial charge on any atom is -0.355 e. The minimum absolute atomic E-state index is 0.599. The van der Waals surface area contributed by atoms with Crippen molar-refractivity contribution in [1.82, 2.24) is 15.2 Å². The maximum absolute atomic E-state index is 12.1. The number of hydrogen-bond donors (Lipinski definition) is 2. The molecule has 0 saturated heterocycles. The number of aromatic nitrogens is 1. The fourth-order valence-electron chi connectivity index (χ4n) is 2.16. The number of nitrogens with zero attached hydrogens (tertiary/aromatic N) is 2. The average Bonchev–Trinajstić information content (AvgIpc) is 3.07. The molecule has 2 rings (SSSR count). The molecule has 0 fully saturated rings. The van der Waals surface area contributed by atoms with Crippen LogP contribution in [0.3, 0.4) is 0 Å². The van der Waals surface area contributed by atoms with Gasteiger partial charge in [-0.3, -0.25) is 9.20 Å². The normalized spacial score (nSPS) is 12.8. The molecule has 0 aliphatic heterocycles.